The van der Waals surface area contributed by atoms with Gasteiger partial charge in [0.15, 0.2) is 0 Å². The molecule has 1 aliphatic carbocycles. The zero-order valence-corrected chi connectivity index (χ0v) is 15.7. The van der Waals surface area contributed by atoms with Crippen LogP contribution in [-0.2, 0) is 14.3 Å². The molecule has 0 spiro atoms. The van der Waals surface area contributed by atoms with Crippen LogP contribution in [0.3, 0.4) is 0 Å². The molecule has 3 rings (SSSR count). The predicted octanol–water partition coefficient (Wildman–Crippen LogP) is 5.26. The highest BCUT2D eigenvalue weighted by Gasteiger charge is 2.20. The van der Waals surface area contributed by atoms with Gasteiger partial charge < -0.3 is 4.74 Å². The molecule has 1 amide bonds. The number of ether oxygens (including phenoxy) is 1. The van der Waals surface area contributed by atoms with Gasteiger partial charge in [-0.05, 0) is 43.0 Å². The van der Waals surface area contributed by atoms with E-state index in [0.717, 1.165) is 24.2 Å². The zero-order valence-electron chi connectivity index (χ0n) is 15.7. The van der Waals surface area contributed by atoms with Gasteiger partial charge >= 0.3 is 5.97 Å². The molecule has 1 saturated carbocycles. The number of carbonyl (C=O) groups is 2. The summed E-state index contributed by atoms with van der Waals surface area (Å²) in [6, 6.07) is 19.0. The van der Waals surface area contributed by atoms with E-state index < -0.39 is 0 Å². The second kappa shape index (κ2) is 9.91. The second-order valence-corrected chi connectivity index (χ2v) is 7.09. The van der Waals surface area contributed by atoms with Crippen molar-refractivity contribution >= 4 is 23.3 Å². The van der Waals surface area contributed by atoms with Crippen LogP contribution in [0, 0.1) is 5.92 Å². The molecule has 0 aromatic heterocycles. The SMILES string of the molecule is O=C(CCC(=O)N(c1ccccc1)c1ccccc1)OCC1CCCCC1. The van der Waals surface area contributed by atoms with Crippen LogP contribution in [0.2, 0.25) is 0 Å². The van der Waals surface area contributed by atoms with Crippen LogP contribution in [0.5, 0.6) is 0 Å². The lowest BCUT2D eigenvalue weighted by Crippen LogP contribution is -2.26. The molecule has 0 unspecified atom stereocenters. The number of amides is 1. The van der Waals surface area contributed by atoms with Gasteiger partial charge in [-0.3, -0.25) is 14.5 Å². The normalized spacial score (nSPS) is 14.5. The fraction of sp³-hybridized carbons (Fsp3) is 0.391. The third kappa shape index (κ3) is 5.68. The van der Waals surface area contributed by atoms with E-state index in [1.54, 1.807) is 4.90 Å². The lowest BCUT2D eigenvalue weighted by molar-refractivity contribution is -0.146. The van der Waals surface area contributed by atoms with Crippen LogP contribution >= 0.6 is 0 Å². The van der Waals surface area contributed by atoms with E-state index in [1.807, 2.05) is 60.7 Å². The number of hydrogen-bond acceptors (Lipinski definition) is 3. The summed E-state index contributed by atoms with van der Waals surface area (Å²) in [5.41, 5.74) is 1.59. The molecule has 0 N–H and O–H groups in total. The fourth-order valence-corrected chi connectivity index (χ4v) is 3.55. The smallest absolute Gasteiger partial charge is 0.306 e. The van der Waals surface area contributed by atoms with E-state index in [9.17, 15) is 9.59 Å². The summed E-state index contributed by atoms with van der Waals surface area (Å²) in [4.78, 5) is 26.6. The van der Waals surface area contributed by atoms with Crippen molar-refractivity contribution in [2.24, 2.45) is 5.92 Å². The first-order valence-electron chi connectivity index (χ1n) is 9.83. The van der Waals surface area contributed by atoms with Crippen LogP contribution in [0.4, 0.5) is 11.4 Å². The maximum absolute atomic E-state index is 12.9. The lowest BCUT2D eigenvalue weighted by Gasteiger charge is -2.23. The Kier molecular flexibility index (Phi) is 7.03. The van der Waals surface area contributed by atoms with Gasteiger partial charge in [-0.2, -0.15) is 0 Å². The molecule has 0 aliphatic heterocycles. The van der Waals surface area contributed by atoms with E-state index in [2.05, 4.69) is 0 Å². The maximum atomic E-state index is 12.9. The van der Waals surface area contributed by atoms with Gasteiger partial charge in [0, 0.05) is 17.8 Å². The van der Waals surface area contributed by atoms with Gasteiger partial charge in [-0.1, -0.05) is 55.7 Å². The van der Waals surface area contributed by atoms with E-state index in [0.29, 0.717) is 12.5 Å². The summed E-state index contributed by atoms with van der Waals surface area (Å²) in [7, 11) is 0. The van der Waals surface area contributed by atoms with Crippen molar-refractivity contribution in [1.82, 2.24) is 0 Å². The number of para-hydroxylation sites is 2. The lowest BCUT2D eigenvalue weighted by atomic mass is 9.90. The number of carbonyl (C=O) groups excluding carboxylic acids is 2. The average molecular weight is 365 g/mol. The molecule has 0 bridgehead atoms. The molecular weight excluding hydrogens is 338 g/mol. The molecule has 4 nitrogen and oxygen atoms in total. The predicted molar refractivity (Wildman–Crippen MR) is 107 cm³/mol. The van der Waals surface area contributed by atoms with Gasteiger partial charge in [0.2, 0.25) is 5.91 Å². The first-order chi connectivity index (χ1) is 13.2. The van der Waals surface area contributed by atoms with Crippen molar-refractivity contribution in [3.63, 3.8) is 0 Å². The monoisotopic (exact) mass is 365 g/mol. The van der Waals surface area contributed by atoms with Crippen molar-refractivity contribution in [2.45, 2.75) is 44.9 Å². The topological polar surface area (TPSA) is 46.6 Å². The number of rotatable bonds is 7. The summed E-state index contributed by atoms with van der Waals surface area (Å²) in [5, 5.41) is 0. The van der Waals surface area contributed by atoms with Gasteiger partial charge in [-0.15, -0.1) is 0 Å². The highest BCUT2D eigenvalue weighted by atomic mass is 16.5. The molecule has 0 heterocycles. The minimum atomic E-state index is -0.282. The van der Waals surface area contributed by atoms with Crippen molar-refractivity contribution in [3.05, 3.63) is 60.7 Å². The largest absolute Gasteiger partial charge is 0.465 e. The van der Waals surface area contributed by atoms with E-state index in [4.69, 9.17) is 4.74 Å². The molecular formula is C23H27NO3. The summed E-state index contributed by atoms with van der Waals surface area (Å²) < 4.78 is 5.41. The minimum Gasteiger partial charge on any atom is -0.465 e. The second-order valence-electron chi connectivity index (χ2n) is 7.09. The third-order valence-electron chi connectivity index (χ3n) is 5.03. The Hall–Kier alpha value is -2.62. The average Bonchev–Trinajstić information content (AvgIpc) is 2.73. The Morgan fingerprint density at radius 3 is 1.93 bits per heavy atom. The molecule has 1 fully saturated rings. The molecule has 2 aromatic rings. The van der Waals surface area contributed by atoms with Gasteiger partial charge in [0.1, 0.15) is 0 Å². The third-order valence-corrected chi connectivity index (χ3v) is 5.03. The van der Waals surface area contributed by atoms with Crippen LogP contribution < -0.4 is 4.90 Å². The van der Waals surface area contributed by atoms with Crippen LogP contribution in [0.15, 0.2) is 60.7 Å². The molecule has 142 valence electrons. The van der Waals surface area contributed by atoms with Crippen LogP contribution in [0.1, 0.15) is 44.9 Å². The summed E-state index contributed by atoms with van der Waals surface area (Å²) in [6.45, 7) is 0.494. The number of esters is 1. The summed E-state index contributed by atoms with van der Waals surface area (Å²) in [6.07, 6.45) is 6.26. The first-order valence-corrected chi connectivity index (χ1v) is 9.83. The summed E-state index contributed by atoms with van der Waals surface area (Å²) in [5.74, 6) is 0.0977. The first kappa shape index (κ1) is 19.2. The molecule has 0 saturated heterocycles. The number of nitrogens with zero attached hydrogens (tertiary/aromatic N) is 1. The fourth-order valence-electron chi connectivity index (χ4n) is 3.55. The Labute approximate surface area is 161 Å². The number of hydrogen-bond donors (Lipinski definition) is 0. The van der Waals surface area contributed by atoms with Crippen molar-refractivity contribution < 1.29 is 14.3 Å². The number of anilines is 2. The minimum absolute atomic E-state index is 0.109. The van der Waals surface area contributed by atoms with Crippen molar-refractivity contribution in [1.29, 1.82) is 0 Å². The van der Waals surface area contributed by atoms with Gasteiger partial charge in [0.05, 0.1) is 13.0 Å². The van der Waals surface area contributed by atoms with Gasteiger partial charge in [-0.25, -0.2) is 0 Å². The maximum Gasteiger partial charge on any atom is 0.306 e. The standard InChI is InChI=1S/C23H27NO3/c25-22(16-17-23(26)27-18-19-10-4-1-5-11-19)24(20-12-6-2-7-13-20)21-14-8-3-9-15-21/h2-3,6-9,12-15,19H,1,4-5,10-11,16-18H2. The Balaban J connectivity index is 1.57. The molecule has 27 heavy (non-hydrogen) atoms. The van der Waals surface area contributed by atoms with E-state index in [1.165, 1.54) is 19.3 Å². The molecule has 0 radical (unpaired) electrons. The van der Waals surface area contributed by atoms with Crippen molar-refractivity contribution in [3.8, 4) is 0 Å². The van der Waals surface area contributed by atoms with Crippen LogP contribution in [0.25, 0.3) is 0 Å². The van der Waals surface area contributed by atoms with E-state index >= 15 is 0 Å². The highest BCUT2D eigenvalue weighted by molar-refractivity contribution is 6.01. The Morgan fingerprint density at radius 1 is 0.815 bits per heavy atom. The zero-order chi connectivity index (χ0) is 18.9. The molecule has 2 aromatic carbocycles. The summed E-state index contributed by atoms with van der Waals surface area (Å²) >= 11 is 0. The van der Waals surface area contributed by atoms with Crippen LogP contribution in [-0.4, -0.2) is 18.5 Å². The molecule has 1 aliphatic rings. The van der Waals surface area contributed by atoms with Gasteiger partial charge in [0.25, 0.3) is 0 Å². The Morgan fingerprint density at radius 2 is 1.37 bits per heavy atom. The number of benzene rings is 2. The highest BCUT2D eigenvalue weighted by Crippen LogP contribution is 2.26. The van der Waals surface area contributed by atoms with E-state index in [-0.39, 0.29) is 24.7 Å². The molecule has 4 heteroatoms. The Bertz CT molecular complexity index is 684. The quantitative estimate of drug-likeness (QED) is 0.629. The van der Waals surface area contributed by atoms with Crippen molar-refractivity contribution in [2.75, 3.05) is 11.5 Å². The molecule has 0 atom stereocenters.